The maximum absolute atomic E-state index is 12.9. The van der Waals surface area contributed by atoms with E-state index in [1.165, 1.54) is 11.1 Å². The van der Waals surface area contributed by atoms with E-state index in [0.717, 1.165) is 51.0 Å². The van der Waals surface area contributed by atoms with Gasteiger partial charge in [-0.2, -0.15) is 0 Å². The van der Waals surface area contributed by atoms with Gasteiger partial charge in [0, 0.05) is 30.4 Å². The van der Waals surface area contributed by atoms with Gasteiger partial charge in [-0.1, -0.05) is 55.5 Å². The van der Waals surface area contributed by atoms with E-state index in [4.69, 9.17) is 0 Å². The second-order valence-electron chi connectivity index (χ2n) is 8.51. The van der Waals surface area contributed by atoms with E-state index in [0.29, 0.717) is 12.6 Å². The number of piperazine rings is 1. The smallest absolute Gasteiger partial charge is 0.241 e. The standard InChI is InChI=1S/C25H33N3O/c1-3-26-25(21-10-5-4-6-11-21)15-13-22(14-16-25)27-17-18-28(24(29)19-27)23-12-8-7-9-20(23)2/h4-12,22,26H,3,13-19H2,1-2H3. The first-order valence-corrected chi connectivity index (χ1v) is 11.0. The number of nitrogens with one attached hydrogen (secondary N) is 1. The molecule has 2 aromatic rings. The van der Waals surface area contributed by atoms with Crippen molar-refractivity contribution in [1.82, 2.24) is 10.2 Å². The third-order valence-corrected chi connectivity index (χ3v) is 6.82. The average molecular weight is 392 g/mol. The Balaban J connectivity index is 1.41. The summed E-state index contributed by atoms with van der Waals surface area (Å²) in [4.78, 5) is 17.3. The van der Waals surface area contributed by atoms with Gasteiger partial charge < -0.3 is 10.2 Å². The molecule has 1 N–H and O–H groups in total. The van der Waals surface area contributed by atoms with E-state index < -0.39 is 0 Å². The molecule has 0 aromatic heterocycles. The molecule has 4 heteroatoms. The summed E-state index contributed by atoms with van der Waals surface area (Å²) in [6.45, 7) is 7.55. The zero-order valence-corrected chi connectivity index (χ0v) is 17.7. The van der Waals surface area contributed by atoms with Crippen LogP contribution in [0.5, 0.6) is 0 Å². The molecule has 29 heavy (non-hydrogen) atoms. The summed E-state index contributed by atoms with van der Waals surface area (Å²) in [5.41, 5.74) is 3.72. The van der Waals surface area contributed by atoms with Crippen molar-refractivity contribution >= 4 is 11.6 Å². The molecule has 2 aliphatic rings. The Morgan fingerprint density at radius 1 is 1.00 bits per heavy atom. The van der Waals surface area contributed by atoms with Crippen molar-refractivity contribution in [3.8, 4) is 0 Å². The molecule has 0 bridgehead atoms. The molecule has 2 fully saturated rings. The molecular formula is C25H33N3O. The fourth-order valence-electron chi connectivity index (χ4n) is 5.25. The fourth-order valence-corrected chi connectivity index (χ4v) is 5.25. The Bertz CT molecular complexity index is 827. The first kappa shape index (κ1) is 20.1. The van der Waals surface area contributed by atoms with E-state index in [9.17, 15) is 4.79 Å². The lowest BCUT2D eigenvalue weighted by Gasteiger charge is -2.46. The van der Waals surface area contributed by atoms with Crippen molar-refractivity contribution in [3.05, 3.63) is 65.7 Å². The van der Waals surface area contributed by atoms with Gasteiger partial charge in [0.1, 0.15) is 0 Å². The van der Waals surface area contributed by atoms with Crippen molar-refractivity contribution < 1.29 is 4.79 Å². The minimum Gasteiger partial charge on any atom is -0.310 e. The number of amides is 1. The SMILES string of the molecule is CCNC1(c2ccccc2)CCC(N2CCN(c3ccccc3C)C(=O)C2)CC1. The lowest BCUT2D eigenvalue weighted by atomic mass is 9.74. The summed E-state index contributed by atoms with van der Waals surface area (Å²) in [5, 5.41) is 3.79. The molecular weight excluding hydrogens is 358 g/mol. The second-order valence-corrected chi connectivity index (χ2v) is 8.51. The van der Waals surface area contributed by atoms with Gasteiger partial charge in [0.25, 0.3) is 0 Å². The zero-order valence-electron chi connectivity index (χ0n) is 17.7. The lowest BCUT2D eigenvalue weighted by molar-refractivity contribution is -0.122. The molecule has 0 radical (unpaired) electrons. The second kappa shape index (κ2) is 8.68. The third kappa shape index (κ3) is 4.10. The number of hydrogen-bond donors (Lipinski definition) is 1. The summed E-state index contributed by atoms with van der Waals surface area (Å²) in [6.07, 6.45) is 4.53. The van der Waals surface area contributed by atoms with Gasteiger partial charge in [-0.05, 0) is 56.3 Å². The zero-order chi connectivity index (χ0) is 20.3. The van der Waals surface area contributed by atoms with Crippen LogP contribution < -0.4 is 10.2 Å². The Kier molecular flexibility index (Phi) is 6.02. The minimum atomic E-state index is 0.0828. The predicted molar refractivity (Wildman–Crippen MR) is 119 cm³/mol. The van der Waals surface area contributed by atoms with Gasteiger partial charge in [0.15, 0.2) is 0 Å². The highest BCUT2D eigenvalue weighted by Gasteiger charge is 2.39. The number of aryl methyl sites for hydroxylation is 1. The van der Waals surface area contributed by atoms with Crippen LogP contribution in [-0.2, 0) is 10.3 Å². The van der Waals surface area contributed by atoms with Crippen LogP contribution in [0.25, 0.3) is 0 Å². The van der Waals surface area contributed by atoms with Crippen LogP contribution in [0.2, 0.25) is 0 Å². The van der Waals surface area contributed by atoms with Crippen LogP contribution in [0.15, 0.2) is 54.6 Å². The van der Waals surface area contributed by atoms with Crippen molar-refractivity contribution in [1.29, 1.82) is 0 Å². The third-order valence-electron chi connectivity index (χ3n) is 6.82. The number of hydrogen-bond acceptors (Lipinski definition) is 3. The summed E-state index contributed by atoms with van der Waals surface area (Å²) in [5.74, 6) is 0.233. The highest BCUT2D eigenvalue weighted by Crippen LogP contribution is 2.39. The molecule has 1 aliphatic carbocycles. The van der Waals surface area contributed by atoms with Crippen LogP contribution in [0.4, 0.5) is 5.69 Å². The van der Waals surface area contributed by atoms with Crippen LogP contribution in [0.3, 0.4) is 0 Å². The van der Waals surface area contributed by atoms with Crippen LogP contribution in [-0.4, -0.2) is 43.0 Å². The Hall–Kier alpha value is -2.17. The monoisotopic (exact) mass is 391 g/mol. The number of para-hydroxylation sites is 1. The first-order valence-electron chi connectivity index (χ1n) is 11.0. The largest absolute Gasteiger partial charge is 0.310 e. The van der Waals surface area contributed by atoms with Gasteiger partial charge in [-0.25, -0.2) is 0 Å². The number of anilines is 1. The molecule has 1 saturated carbocycles. The highest BCUT2D eigenvalue weighted by atomic mass is 16.2. The van der Waals surface area contributed by atoms with Crippen molar-refractivity contribution in [3.63, 3.8) is 0 Å². The first-order chi connectivity index (χ1) is 14.1. The molecule has 0 unspecified atom stereocenters. The fraction of sp³-hybridized carbons (Fsp3) is 0.480. The molecule has 154 valence electrons. The Labute approximate surface area is 174 Å². The quantitative estimate of drug-likeness (QED) is 0.834. The van der Waals surface area contributed by atoms with E-state index in [1.54, 1.807) is 0 Å². The van der Waals surface area contributed by atoms with E-state index >= 15 is 0 Å². The van der Waals surface area contributed by atoms with E-state index in [-0.39, 0.29) is 11.4 Å². The van der Waals surface area contributed by atoms with E-state index in [1.807, 2.05) is 17.0 Å². The normalized spacial score (nSPS) is 25.9. The number of rotatable bonds is 5. The Morgan fingerprint density at radius 2 is 1.69 bits per heavy atom. The molecule has 1 saturated heterocycles. The van der Waals surface area contributed by atoms with Gasteiger partial charge in [0.2, 0.25) is 5.91 Å². The number of carbonyl (C=O) groups excluding carboxylic acids is 1. The lowest BCUT2D eigenvalue weighted by Crippen LogP contribution is -2.56. The van der Waals surface area contributed by atoms with E-state index in [2.05, 4.69) is 66.5 Å². The van der Waals surface area contributed by atoms with Gasteiger partial charge >= 0.3 is 0 Å². The van der Waals surface area contributed by atoms with Crippen molar-refractivity contribution in [2.24, 2.45) is 0 Å². The molecule has 4 nitrogen and oxygen atoms in total. The number of carbonyl (C=O) groups is 1. The molecule has 1 heterocycles. The van der Waals surface area contributed by atoms with Gasteiger partial charge in [-0.15, -0.1) is 0 Å². The molecule has 4 rings (SSSR count). The predicted octanol–water partition coefficient (Wildman–Crippen LogP) is 4.09. The van der Waals surface area contributed by atoms with Crippen LogP contribution in [0.1, 0.15) is 43.7 Å². The molecule has 0 spiro atoms. The van der Waals surface area contributed by atoms with Crippen LogP contribution >= 0.6 is 0 Å². The van der Waals surface area contributed by atoms with Crippen LogP contribution in [0, 0.1) is 6.92 Å². The summed E-state index contributed by atoms with van der Waals surface area (Å²) >= 11 is 0. The minimum absolute atomic E-state index is 0.0828. The average Bonchev–Trinajstić information content (AvgIpc) is 2.76. The van der Waals surface area contributed by atoms with Gasteiger partial charge in [-0.3, -0.25) is 9.69 Å². The number of benzene rings is 2. The molecule has 0 atom stereocenters. The Morgan fingerprint density at radius 3 is 2.34 bits per heavy atom. The maximum atomic E-state index is 12.9. The molecule has 1 aliphatic heterocycles. The summed E-state index contributed by atoms with van der Waals surface area (Å²) in [7, 11) is 0. The molecule has 1 amide bonds. The van der Waals surface area contributed by atoms with Crippen molar-refractivity contribution in [2.75, 3.05) is 31.1 Å². The summed E-state index contributed by atoms with van der Waals surface area (Å²) in [6, 6.07) is 19.6. The molecule has 2 aromatic carbocycles. The maximum Gasteiger partial charge on any atom is 0.241 e. The topological polar surface area (TPSA) is 35.6 Å². The van der Waals surface area contributed by atoms with Crippen molar-refractivity contribution in [2.45, 2.75) is 51.1 Å². The highest BCUT2D eigenvalue weighted by molar-refractivity contribution is 5.96. The summed E-state index contributed by atoms with van der Waals surface area (Å²) < 4.78 is 0. The van der Waals surface area contributed by atoms with Gasteiger partial charge in [0.05, 0.1) is 6.54 Å². The number of nitrogens with zero attached hydrogens (tertiary/aromatic N) is 2.